The van der Waals surface area contributed by atoms with Crippen molar-refractivity contribution >= 4 is 34.8 Å². The third-order valence-electron chi connectivity index (χ3n) is 4.59. The third kappa shape index (κ3) is 5.05. The third-order valence-corrected chi connectivity index (χ3v) is 5.97. The quantitative estimate of drug-likeness (QED) is 0.527. The number of amides is 2. The van der Waals surface area contributed by atoms with E-state index in [2.05, 4.69) is 0 Å². The highest BCUT2D eigenvalue weighted by atomic mass is 35.5. The SMILES string of the molecule is CCN(Cc1ccc(C(=O)N(C)C)cc1)C(=O)c1ccc(-c2ccc(Cl)cc2)s1. The summed E-state index contributed by atoms with van der Waals surface area (Å²) in [5, 5.41) is 0.692. The summed E-state index contributed by atoms with van der Waals surface area (Å²) in [4.78, 5) is 30.1. The van der Waals surface area contributed by atoms with Crippen LogP contribution in [-0.2, 0) is 6.54 Å². The first kappa shape index (κ1) is 21.1. The average Bonchev–Trinajstić information content (AvgIpc) is 3.22. The van der Waals surface area contributed by atoms with Crippen LogP contribution >= 0.6 is 22.9 Å². The fourth-order valence-electron chi connectivity index (χ4n) is 2.94. The van der Waals surface area contributed by atoms with E-state index in [4.69, 9.17) is 11.6 Å². The predicted octanol–water partition coefficient (Wildman–Crippen LogP) is 5.43. The van der Waals surface area contributed by atoms with Gasteiger partial charge in [-0.15, -0.1) is 11.3 Å². The molecule has 0 bridgehead atoms. The minimum Gasteiger partial charge on any atom is -0.345 e. The van der Waals surface area contributed by atoms with Crippen LogP contribution in [0.4, 0.5) is 0 Å². The molecule has 0 unspecified atom stereocenters. The average molecular weight is 427 g/mol. The van der Waals surface area contributed by atoms with Gasteiger partial charge in [0.1, 0.15) is 0 Å². The Hall–Kier alpha value is -2.63. The van der Waals surface area contributed by atoms with Crippen LogP contribution in [0, 0.1) is 0 Å². The smallest absolute Gasteiger partial charge is 0.264 e. The van der Waals surface area contributed by atoms with Crippen molar-refractivity contribution in [1.82, 2.24) is 9.80 Å². The van der Waals surface area contributed by atoms with Crippen molar-refractivity contribution in [3.63, 3.8) is 0 Å². The van der Waals surface area contributed by atoms with E-state index in [9.17, 15) is 9.59 Å². The molecule has 0 atom stereocenters. The second kappa shape index (κ2) is 9.25. The molecule has 0 saturated heterocycles. The number of carbonyl (C=O) groups is 2. The number of hydrogen-bond donors (Lipinski definition) is 0. The molecule has 3 aromatic rings. The first-order valence-corrected chi connectivity index (χ1v) is 10.5. The number of nitrogens with zero attached hydrogens (tertiary/aromatic N) is 2. The maximum atomic E-state index is 13.0. The van der Waals surface area contributed by atoms with Crippen LogP contribution in [0.15, 0.2) is 60.7 Å². The first-order valence-electron chi connectivity index (χ1n) is 9.34. The van der Waals surface area contributed by atoms with Crippen LogP contribution in [0.5, 0.6) is 0 Å². The summed E-state index contributed by atoms with van der Waals surface area (Å²) < 4.78 is 0. The lowest BCUT2D eigenvalue weighted by Crippen LogP contribution is -2.29. The minimum atomic E-state index is -0.0340. The van der Waals surface area contributed by atoms with Crippen LogP contribution in [0.3, 0.4) is 0 Å². The summed E-state index contributed by atoms with van der Waals surface area (Å²) >= 11 is 7.44. The molecular weight excluding hydrogens is 404 g/mol. The minimum absolute atomic E-state index is 0.00570. The Morgan fingerprint density at radius 3 is 2.14 bits per heavy atom. The Kier molecular flexibility index (Phi) is 6.72. The zero-order valence-electron chi connectivity index (χ0n) is 16.7. The van der Waals surface area contributed by atoms with Gasteiger partial charge in [0.15, 0.2) is 0 Å². The zero-order chi connectivity index (χ0) is 21.0. The molecule has 1 aromatic heterocycles. The number of benzene rings is 2. The van der Waals surface area contributed by atoms with E-state index in [-0.39, 0.29) is 11.8 Å². The summed E-state index contributed by atoms with van der Waals surface area (Å²) in [5.74, 6) is -0.0283. The topological polar surface area (TPSA) is 40.6 Å². The van der Waals surface area contributed by atoms with Crippen LogP contribution in [0.25, 0.3) is 10.4 Å². The second-order valence-corrected chi connectivity index (χ2v) is 8.41. The van der Waals surface area contributed by atoms with E-state index in [0.29, 0.717) is 28.6 Å². The highest BCUT2D eigenvalue weighted by Gasteiger charge is 2.17. The van der Waals surface area contributed by atoms with Gasteiger partial charge < -0.3 is 9.80 Å². The van der Waals surface area contributed by atoms with Crippen molar-refractivity contribution in [2.45, 2.75) is 13.5 Å². The van der Waals surface area contributed by atoms with Crippen molar-refractivity contribution < 1.29 is 9.59 Å². The van der Waals surface area contributed by atoms with Crippen molar-refractivity contribution in [3.05, 3.63) is 81.7 Å². The second-order valence-electron chi connectivity index (χ2n) is 6.89. The molecule has 1 heterocycles. The van der Waals surface area contributed by atoms with Gasteiger partial charge in [-0.1, -0.05) is 35.9 Å². The van der Waals surface area contributed by atoms with Crippen molar-refractivity contribution in [1.29, 1.82) is 0 Å². The molecule has 4 nitrogen and oxygen atoms in total. The van der Waals surface area contributed by atoms with Gasteiger partial charge in [0.2, 0.25) is 0 Å². The fourth-order valence-corrected chi connectivity index (χ4v) is 4.04. The number of carbonyl (C=O) groups excluding carboxylic acids is 2. The van der Waals surface area contributed by atoms with Gasteiger partial charge in [0.05, 0.1) is 4.88 Å². The molecule has 0 saturated carbocycles. The molecular formula is C23H23ClN2O2S. The Labute approximate surface area is 180 Å². The summed E-state index contributed by atoms with van der Waals surface area (Å²) in [5.41, 5.74) is 2.67. The molecule has 150 valence electrons. The number of thiophene rings is 1. The van der Waals surface area contributed by atoms with Gasteiger partial charge in [0.25, 0.3) is 11.8 Å². The number of rotatable bonds is 6. The van der Waals surface area contributed by atoms with E-state index in [0.717, 1.165) is 16.0 Å². The monoisotopic (exact) mass is 426 g/mol. The largest absolute Gasteiger partial charge is 0.345 e. The van der Waals surface area contributed by atoms with Crippen molar-refractivity contribution in [3.8, 4) is 10.4 Å². The molecule has 29 heavy (non-hydrogen) atoms. The maximum Gasteiger partial charge on any atom is 0.264 e. The zero-order valence-corrected chi connectivity index (χ0v) is 18.3. The fraction of sp³-hybridized carbons (Fsp3) is 0.217. The highest BCUT2D eigenvalue weighted by Crippen LogP contribution is 2.30. The summed E-state index contributed by atoms with van der Waals surface area (Å²) in [6.45, 7) is 3.07. The summed E-state index contributed by atoms with van der Waals surface area (Å²) in [6, 6.07) is 18.9. The molecule has 6 heteroatoms. The molecule has 0 spiro atoms. The Bertz CT molecular complexity index is 994. The van der Waals surface area contributed by atoms with Gasteiger partial charge in [-0.25, -0.2) is 0 Å². The molecule has 0 radical (unpaired) electrons. The molecule has 0 aliphatic heterocycles. The van der Waals surface area contributed by atoms with Crippen LogP contribution < -0.4 is 0 Å². The van der Waals surface area contributed by atoms with Crippen molar-refractivity contribution in [2.24, 2.45) is 0 Å². The molecule has 2 amide bonds. The Morgan fingerprint density at radius 2 is 1.55 bits per heavy atom. The Morgan fingerprint density at radius 1 is 0.897 bits per heavy atom. The number of halogens is 1. The molecule has 0 fully saturated rings. The summed E-state index contributed by atoms with van der Waals surface area (Å²) in [7, 11) is 3.46. The normalized spacial score (nSPS) is 10.6. The van der Waals surface area contributed by atoms with Gasteiger partial charge in [-0.3, -0.25) is 9.59 Å². The summed E-state index contributed by atoms with van der Waals surface area (Å²) in [6.07, 6.45) is 0. The van der Waals surface area contributed by atoms with E-state index >= 15 is 0 Å². The van der Waals surface area contributed by atoms with E-state index in [1.807, 2.05) is 55.5 Å². The molecule has 0 aliphatic rings. The standard InChI is InChI=1S/C23H23ClN2O2S/c1-4-26(15-16-5-7-18(8-6-16)22(27)25(2)3)23(28)21-14-13-20(29-21)17-9-11-19(24)12-10-17/h5-14H,4,15H2,1-3H3. The lowest BCUT2D eigenvalue weighted by Gasteiger charge is -2.20. The van der Waals surface area contributed by atoms with E-state index in [1.165, 1.54) is 11.3 Å². The van der Waals surface area contributed by atoms with Gasteiger partial charge in [-0.2, -0.15) is 0 Å². The van der Waals surface area contributed by atoms with E-state index in [1.54, 1.807) is 36.0 Å². The highest BCUT2D eigenvalue weighted by molar-refractivity contribution is 7.17. The van der Waals surface area contributed by atoms with Crippen LogP contribution in [0.1, 0.15) is 32.5 Å². The van der Waals surface area contributed by atoms with Crippen molar-refractivity contribution in [2.75, 3.05) is 20.6 Å². The predicted molar refractivity (Wildman–Crippen MR) is 120 cm³/mol. The molecule has 0 aliphatic carbocycles. The molecule has 0 N–H and O–H groups in total. The lowest BCUT2D eigenvalue weighted by molar-refractivity contribution is 0.0756. The van der Waals surface area contributed by atoms with E-state index < -0.39 is 0 Å². The van der Waals surface area contributed by atoms with Crippen LogP contribution in [-0.4, -0.2) is 42.3 Å². The van der Waals surface area contributed by atoms with Gasteiger partial charge in [0, 0.05) is 42.6 Å². The number of hydrogen-bond acceptors (Lipinski definition) is 3. The lowest BCUT2D eigenvalue weighted by atomic mass is 10.1. The van der Waals surface area contributed by atoms with Gasteiger partial charge >= 0.3 is 0 Å². The van der Waals surface area contributed by atoms with Gasteiger partial charge in [-0.05, 0) is 54.4 Å². The van der Waals surface area contributed by atoms with Crippen LogP contribution in [0.2, 0.25) is 5.02 Å². The Balaban J connectivity index is 1.72. The molecule has 3 rings (SSSR count). The maximum absolute atomic E-state index is 13.0. The first-order chi connectivity index (χ1) is 13.9. The molecule has 2 aromatic carbocycles.